The molecule has 0 saturated heterocycles. The van der Waals surface area contributed by atoms with Crippen molar-refractivity contribution in [1.29, 1.82) is 0 Å². The third kappa shape index (κ3) is 4.98. The van der Waals surface area contributed by atoms with Crippen molar-refractivity contribution in [2.24, 2.45) is 0 Å². The number of carbonyl (C=O) groups excluding carboxylic acids is 1. The Morgan fingerprint density at radius 1 is 1.39 bits per heavy atom. The lowest BCUT2D eigenvalue weighted by atomic mass is 10.3. The van der Waals surface area contributed by atoms with E-state index in [1.165, 1.54) is 0 Å². The first-order valence-corrected chi connectivity index (χ1v) is 7.53. The molecule has 0 fully saturated rings. The van der Waals surface area contributed by atoms with Gasteiger partial charge in [-0.25, -0.2) is 0 Å². The minimum atomic E-state index is -0.102. The average molecular weight is 379 g/mol. The molecule has 1 amide bonds. The van der Waals surface area contributed by atoms with Gasteiger partial charge >= 0.3 is 0 Å². The molecule has 0 aliphatic rings. The van der Waals surface area contributed by atoms with Gasteiger partial charge in [-0.05, 0) is 30.7 Å². The number of halogens is 2. The molecule has 1 aromatic rings. The molecule has 3 nitrogen and oxygen atoms in total. The van der Waals surface area contributed by atoms with Gasteiger partial charge in [0, 0.05) is 11.5 Å². The van der Waals surface area contributed by atoms with Crippen LogP contribution in [0.4, 0.5) is 0 Å². The second kappa shape index (κ2) is 7.79. The molecule has 100 valence electrons. The summed E-state index contributed by atoms with van der Waals surface area (Å²) in [5.41, 5.74) is 0. The molecule has 0 aliphatic carbocycles. The molecule has 18 heavy (non-hydrogen) atoms. The summed E-state index contributed by atoms with van der Waals surface area (Å²) in [6.07, 6.45) is 0.788. The standard InChI is InChI=1S/C13H17Br2NO2/c1-3-12(15)13(17)16(2)8-9-18-11-6-4-10(14)5-7-11/h4-7,12H,3,8-9H2,1-2H3. The van der Waals surface area contributed by atoms with Gasteiger partial charge in [-0.3, -0.25) is 4.79 Å². The van der Waals surface area contributed by atoms with Crippen LogP contribution in [0.15, 0.2) is 28.7 Å². The van der Waals surface area contributed by atoms with E-state index >= 15 is 0 Å². The van der Waals surface area contributed by atoms with E-state index in [0.29, 0.717) is 13.2 Å². The Morgan fingerprint density at radius 3 is 2.56 bits per heavy atom. The lowest BCUT2D eigenvalue weighted by Gasteiger charge is -2.19. The van der Waals surface area contributed by atoms with E-state index in [9.17, 15) is 4.79 Å². The Kier molecular flexibility index (Phi) is 6.71. The highest BCUT2D eigenvalue weighted by atomic mass is 79.9. The van der Waals surface area contributed by atoms with Crippen molar-refractivity contribution < 1.29 is 9.53 Å². The number of benzene rings is 1. The molecule has 0 aromatic heterocycles. The van der Waals surface area contributed by atoms with Crippen molar-refractivity contribution in [1.82, 2.24) is 4.90 Å². The maximum atomic E-state index is 11.8. The Hall–Kier alpha value is -0.550. The third-order valence-electron chi connectivity index (χ3n) is 2.51. The summed E-state index contributed by atoms with van der Waals surface area (Å²) in [6.45, 7) is 3.05. The number of hydrogen-bond acceptors (Lipinski definition) is 2. The normalized spacial score (nSPS) is 12.0. The number of amides is 1. The Bertz CT molecular complexity index is 381. The zero-order valence-corrected chi connectivity index (χ0v) is 13.7. The fraction of sp³-hybridized carbons (Fsp3) is 0.462. The van der Waals surface area contributed by atoms with Gasteiger partial charge in [0.15, 0.2) is 0 Å². The van der Waals surface area contributed by atoms with Crippen LogP contribution in [-0.2, 0) is 4.79 Å². The minimum absolute atomic E-state index is 0.0944. The molecule has 0 radical (unpaired) electrons. The predicted molar refractivity (Wildman–Crippen MR) is 80.3 cm³/mol. The molecule has 1 aromatic carbocycles. The van der Waals surface area contributed by atoms with Crippen LogP contribution < -0.4 is 4.74 Å². The number of carbonyl (C=O) groups is 1. The highest BCUT2D eigenvalue weighted by Crippen LogP contribution is 2.16. The maximum Gasteiger partial charge on any atom is 0.236 e. The van der Waals surface area contributed by atoms with Gasteiger partial charge in [-0.1, -0.05) is 38.8 Å². The van der Waals surface area contributed by atoms with E-state index in [0.717, 1.165) is 16.6 Å². The zero-order valence-electron chi connectivity index (χ0n) is 10.5. The summed E-state index contributed by atoms with van der Waals surface area (Å²) in [5.74, 6) is 0.904. The van der Waals surface area contributed by atoms with Crippen LogP contribution in [0, 0.1) is 0 Å². The summed E-state index contributed by atoms with van der Waals surface area (Å²) in [7, 11) is 1.79. The number of alkyl halides is 1. The van der Waals surface area contributed by atoms with Crippen molar-refractivity contribution in [3.8, 4) is 5.75 Å². The van der Waals surface area contributed by atoms with Gasteiger partial charge in [0.25, 0.3) is 0 Å². The van der Waals surface area contributed by atoms with Gasteiger partial charge in [0.05, 0.1) is 11.4 Å². The molecule has 5 heteroatoms. The van der Waals surface area contributed by atoms with E-state index in [2.05, 4.69) is 31.9 Å². The fourth-order valence-electron chi connectivity index (χ4n) is 1.36. The number of ether oxygens (including phenoxy) is 1. The zero-order chi connectivity index (χ0) is 13.5. The average Bonchev–Trinajstić information content (AvgIpc) is 2.39. The van der Waals surface area contributed by atoms with Crippen molar-refractivity contribution in [2.45, 2.75) is 18.2 Å². The summed E-state index contributed by atoms with van der Waals surface area (Å²) in [4.78, 5) is 13.4. The largest absolute Gasteiger partial charge is 0.492 e. The molecule has 0 bridgehead atoms. The van der Waals surface area contributed by atoms with Crippen LogP contribution in [0.25, 0.3) is 0 Å². The number of likely N-dealkylation sites (N-methyl/N-ethyl adjacent to an activating group) is 1. The van der Waals surface area contributed by atoms with Crippen LogP contribution in [0.5, 0.6) is 5.75 Å². The molecular weight excluding hydrogens is 362 g/mol. The monoisotopic (exact) mass is 377 g/mol. The first kappa shape index (κ1) is 15.5. The van der Waals surface area contributed by atoms with Crippen LogP contribution in [-0.4, -0.2) is 35.8 Å². The summed E-state index contributed by atoms with van der Waals surface area (Å²) in [6, 6.07) is 7.64. The Labute approximate surface area is 125 Å². The molecule has 0 saturated carbocycles. The molecule has 0 spiro atoms. The molecule has 0 heterocycles. The van der Waals surface area contributed by atoms with Crippen molar-refractivity contribution in [3.63, 3.8) is 0 Å². The SMILES string of the molecule is CCC(Br)C(=O)N(C)CCOc1ccc(Br)cc1. The number of nitrogens with zero attached hydrogens (tertiary/aromatic N) is 1. The van der Waals surface area contributed by atoms with Crippen molar-refractivity contribution in [2.75, 3.05) is 20.2 Å². The molecule has 1 unspecified atom stereocenters. The summed E-state index contributed by atoms with van der Waals surface area (Å²) in [5, 5.41) is 0. The first-order chi connectivity index (χ1) is 8.54. The second-order valence-corrected chi connectivity index (χ2v) is 5.96. The summed E-state index contributed by atoms with van der Waals surface area (Å²) < 4.78 is 6.59. The maximum absolute atomic E-state index is 11.8. The molecule has 0 N–H and O–H groups in total. The van der Waals surface area contributed by atoms with Crippen LogP contribution in [0.3, 0.4) is 0 Å². The highest BCUT2D eigenvalue weighted by molar-refractivity contribution is 9.10. The van der Waals surface area contributed by atoms with Crippen LogP contribution >= 0.6 is 31.9 Å². The van der Waals surface area contributed by atoms with Gasteiger partial charge < -0.3 is 9.64 Å². The van der Waals surface area contributed by atoms with E-state index in [1.54, 1.807) is 11.9 Å². The van der Waals surface area contributed by atoms with E-state index in [-0.39, 0.29) is 10.7 Å². The quantitative estimate of drug-likeness (QED) is 0.709. The van der Waals surface area contributed by atoms with Gasteiger partial charge in [0.1, 0.15) is 12.4 Å². The van der Waals surface area contributed by atoms with E-state index in [1.807, 2.05) is 31.2 Å². The first-order valence-electron chi connectivity index (χ1n) is 5.82. The van der Waals surface area contributed by atoms with Gasteiger partial charge in [-0.2, -0.15) is 0 Å². The highest BCUT2D eigenvalue weighted by Gasteiger charge is 2.16. The topological polar surface area (TPSA) is 29.5 Å². The van der Waals surface area contributed by atoms with Crippen LogP contribution in [0.1, 0.15) is 13.3 Å². The minimum Gasteiger partial charge on any atom is -0.492 e. The number of hydrogen-bond donors (Lipinski definition) is 0. The van der Waals surface area contributed by atoms with E-state index in [4.69, 9.17) is 4.74 Å². The van der Waals surface area contributed by atoms with Crippen molar-refractivity contribution >= 4 is 37.8 Å². The molecule has 1 rings (SSSR count). The lowest BCUT2D eigenvalue weighted by molar-refractivity contribution is -0.129. The third-order valence-corrected chi connectivity index (χ3v) is 4.08. The Morgan fingerprint density at radius 2 is 2.00 bits per heavy atom. The molecule has 0 aliphatic heterocycles. The predicted octanol–water partition coefficient (Wildman–Crippen LogP) is 3.46. The number of rotatable bonds is 6. The lowest BCUT2D eigenvalue weighted by Crippen LogP contribution is -2.35. The van der Waals surface area contributed by atoms with Gasteiger partial charge in [-0.15, -0.1) is 0 Å². The van der Waals surface area contributed by atoms with E-state index < -0.39 is 0 Å². The molecular formula is C13H17Br2NO2. The second-order valence-electron chi connectivity index (χ2n) is 3.94. The van der Waals surface area contributed by atoms with Crippen LogP contribution in [0.2, 0.25) is 0 Å². The fourth-order valence-corrected chi connectivity index (χ4v) is 1.97. The summed E-state index contributed by atoms with van der Waals surface area (Å²) >= 11 is 6.72. The smallest absolute Gasteiger partial charge is 0.236 e. The van der Waals surface area contributed by atoms with Crippen molar-refractivity contribution in [3.05, 3.63) is 28.7 Å². The molecule has 1 atom stereocenters. The Balaban J connectivity index is 2.33. The van der Waals surface area contributed by atoms with Gasteiger partial charge in [0.2, 0.25) is 5.91 Å².